The Morgan fingerprint density at radius 2 is 1.37 bits per heavy atom. The van der Waals surface area contributed by atoms with Crippen molar-refractivity contribution in [2.75, 3.05) is 65.4 Å². The van der Waals surface area contributed by atoms with Crippen LogP contribution in [0.3, 0.4) is 0 Å². The van der Waals surface area contributed by atoms with Gasteiger partial charge in [-0.15, -0.1) is 0 Å². The number of carbonyl (C=O) groups excluding carboxylic acids is 2. The number of amides is 2. The van der Waals surface area contributed by atoms with Gasteiger partial charge in [0.05, 0.1) is 11.0 Å². The van der Waals surface area contributed by atoms with Gasteiger partial charge in [0.2, 0.25) is 11.7 Å². The molecule has 3 aromatic rings. The lowest BCUT2D eigenvalue weighted by Gasteiger charge is -2.38. The van der Waals surface area contributed by atoms with Crippen LogP contribution in [-0.4, -0.2) is 106 Å². The van der Waals surface area contributed by atoms with Crippen molar-refractivity contribution in [3.8, 4) is 0 Å². The highest BCUT2D eigenvalue weighted by molar-refractivity contribution is 5.95. The van der Waals surface area contributed by atoms with Crippen molar-refractivity contribution in [3.05, 3.63) is 66.0 Å². The maximum atomic E-state index is 13.7. The highest BCUT2D eigenvalue weighted by Crippen LogP contribution is 2.24. The number of nitrogens with zero attached hydrogens (tertiary/aromatic N) is 6. The van der Waals surface area contributed by atoms with Crippen LogP contribution in [0, 0.1) is 5.92 Å². The Kier molecular flexibility index (Phi) is 8.97. The summed E-state index contributed by atoms with van der Waals surface area (Å²) in [5.41, 5.74) is 2.94. The number of rotatable bonds is 8. The number of fused-ring (bicyclic) bond motifs is 1. The standard InChI is InChI=1S/C33H44N6O2/c40-32(38-24-22-36(23-25-38)19-9-18-35-16-7-2-8-17-35)28-14-20-37(21-15-28)33(41)31-34-29-12-5-6-13-30(29)39(31)26-27-10-3-1-4-11-27/h1,3-6,10-13,28H,2,7-9,14-26H2. The number of imidazole rings is 1. The number of likely N-dealkylation sites (tertiary alicyclic amines) is 2. The monoisotopic (exact) mass is 556 g/mol. The van der Waals surface area contributed by atoms with Crippen LogP contribution in [0.5, 0.6) is 0 Å². The normalized spacial score (nSPS) is 19.6. The highest BCUT2D eigenvalue weighted by atomic mass is 16.2. The Morgan fingerprint density at radius 1 is 0.707 bits per heavy atom. The van der Waals surface area contributed by atoms with E-state index >= 15 is 0 Å². The van der Waals surface area contributed by atoms with Gasteiger partial charge in [0.15, 0.2) is 0 Å². The van der Waals surface area contributed by atoms with E-state index < -0.39 is 0 Å². The Balaban J connectivity index is 1.00. The second-order valence-corrected chi connectivity index (χ2v) is 12.0. The van der Waals surface area contributed by atoms with Crippen molar-refractivity contribution in [2.24, 2.45) is 5.92 Å². The van der Waals surface area contributed by atoms with Gasteiger partial charge in [0.1, 0.15) is 0 Å². The first-order chi connectivity index (χ1) is 20.2. The van der Waals surface area contributed by atoms with E-state index in [-0.39, 0.29) is 17.7 Å². The number of benzene rings is 2. The number of piperidine rings is 2. The van der Waals surface area contributed by atoms with Crippen LogP contribution in [0.1, 0.15) is 54.7 Å². The van der Waals surface area contributed by atoms with E-state index in [1.165, 1.54) is 45.3 Å². The van der Waals surface area contributed by atoms with E-state index in [4.69, 9.17) is 4.98 Å². The van der Waals surface area contributed by atoms with Crippen LogP contribution < -0.4 is 0 Å². The zero-order valence-corrected chi connectivity index (χ0v) is 24.3. The molecule has 2 amide bonds. The van der Waals surface area contributed by atoms with Gasteiger partial charge in [-0.2, -0.15) is 0 Å². The van der Waals surface area contributed by atoms with E-state index in [1.807, 2.05) is 51.9 Å². The number of hydrogen-bond acceptors (Lipinski definition) is 5. The highest BCUT2D eigenvalue weighted by Gasteiger charge is 2.33. The number of hydrogen-bond donors (Lipinski definition) is 0. The molecule has 0 N–H and O–H groups in total. The van der Waals surface area contributed by atoms with E-state index in [0.717, 1.165) is 62.2 Å². The van der Waals surface area contributed by atoms with E-state index in [2.05, 4.69) is 26.8 Å². The molecule has 4 heterocycles. The van der Waals surface area contributed by atoms with Crippen LogP contribution in [-0.2, 0) is 11.3 Å². The van der Waals surface area contributed by atoms with Gasteiger partial charge in [-0.25, -0.2) is 4.98 Å². The summed E-state index contributed by atoms with van der Waals surface area (Å²) in [5.74, 6) is 0.728. The molecule has 0 bridgehead atoms. The van der Waals surface area contributed by atoms with Crippen LogP contribution in [0.25, 0.3) is 11.0 Å². The summed E-state index contributed by atoms with van der Waals surface area (Å²) >= 11 is 0. The van der Waals surface area contributed by atoms with E-state index in [9.17, 15) is 9.59 Å². The predicted molar refractivity (Wildman–Crippen MR) is 162 cm³/mol. The molecule has 0 aliphatic carbocycles. The van der Waals surface area contributed by atoms with E-state index in [1.54, 1.807) is 0 Å². The van der Waals surface area contributed by atoms with Crippen LogP contribution in [0.4, 0.5) is 0 Å². The number of aromatic nitrogens is 2. The van der Waals surface area contributed by atoms with Gasteiger partial charge < -0.3 is 19.3 Å². The lowest BCUT2D eigenvalue weighted by atomic mass is 9.95. The molecule has 0 spiro atoms. The van der Waals surface area contributed by atoms with Crippen molar-refractivity contribution in [3.63, 3.8) is 0 Å². The van der Waals surface area contributed by atoms with Crippen molar-refractivity contribution < 1.29 is 9.59 Å². The number of piperazine rings is 1. The first kappa shape index (κ1) is 27.9. The maximum absolute atomic E-state index is 13.7. The van der Waals surface area contributed by atoms with Gasteiger partial charge in [-0.1, -0.05) is 48.9 Å². The molecular weight excluding hydrogens is 512 g/mol. The Bertz CT molecular complexity index is 1300. The fraction of sp³-hybridized carbons (Fsp3) is 0.545. The summed E-state index contributed by atoms with van der Waals surface area (Å²) in [7, 11) is 0. The van der Waals surface area contributed by atoms with E-state index in [0.29, 0.717) is 25.5 Å². The van der Waals surface area contributed by atoms with Crippen LogP contribution in [0.2, 0.25) is 0 Å². The third-order valence-electron chi connectivity index (χ3n) is 9.24. The summed E-state index contributed by atoms with van der Waals surface area (Å²) in [6.45, 7) is 10.3. The minimum atomic E-state index is -0.0406. The molecule has 218 valence electrons. The zero-order valence-electron chi connectivity index (χ0n) is 24.3. The van der Waals surface area contributed by atoms with Gasteiger partial charge in [0, 0.05) is 51.7 Å². The molecule has 0 atom stereocenters. The Hall–Kier alpha value is -3.23. The molecule has 0 radical (unpaired) electrons. The minimum Gasteiger partial charge on any atom is -0.340 e. The fourth-order valence-corrected chi connectivity index (χ4v) is 6.79. The molecule has 6 rings (SSSR count). The summed E-state index contributed by atoms with van der Waals surface area (Å²) in [5, 5.41) is 0. The molecule has 1 aromatic heterocycles. The average Bonchev–Trinajstić information content (AvgIpc) is 3.40. The van der Waals surface area contributed by atoms with Crippen molar-refractivity contribution >= 4 is 22.8 Å². The lowest BCUT2D eigenvalue weighted by Crippen LogP contribution is -2.52. The summed E-state index contributed by atoms with van der Waals surface area (Å²) in [6.07, 6.45) is 6.76. The SMILES string of the molecule is O=C(c1nc2ccccc2n1Cc1ccccc1)N1CCC(C(=O)N2CCN(CCCN3CCCCC3)CC2)CC1. The smallest absolute Gasteiger partial charge is 0.289 e. The predicted octanol–water partition coefficient (Wildman–Crippen LogP) is 3.96. The molecule has 3 fully saturated rings. The van der Waals surface area contributed by atoms with Crippen molar-refractivity contribution in [2.45, 2.75) is 45.1 Å². The molecule has 8 nitrogen and oxygen atoms in total. The first-order valence-corrected chi connectivity index (χ1v) is 15.7. The molecule has 2 aromatic carbocycles. The van der Waals surface area contributed by atoms with Gasteiger partial charge in [0.25, 0.3) is 5.91 Å². The molecule has 41 heavy (non-hydrogen) atoms. The second kappa shape index (κ2) is 13.2. The quantitative estimate of drug-likeness (QED) is 0.420. The summed E-state index contributed by atoms with van der Waals surface area (Å²) in [4.78, 5) is 41.0. The second-order valence-electron chi connectivity index (χ2n) is 12.0. The number of para-hydroxylation sites is 2. The first-order valence-electron chi connectivity index (χ1n) is 15.7. The Morgan fingerprint density at radius 3 is 2.10 bits per heavy atom. The molecule has 8 heteroatoms. The summed E-state index contributed by atoms with van der Waals surface area (Å²) in [6, 6.07) is 18.2. The van der Waals surface area contributed by atoms with Gasteiger partial charge in [-0.3, -0.25) is 14.5 Å². The summed E-state index contributed by atoms with van der Waals surface area (Å²) < 4.78 is 2.04. The third kappa shape index (κ3) is 6.65. The maximum Gasteiger partial charge on any atom is 0.289 e. The average molecular weight is 557 g/mol. The zero-order chi connectivity index (χ0) is 28.0. The molecular formula is C33H44N6O2. The molecule has 0 saturated carbocycles. The van der Waals surface area contributed by atoms with Crippen LogP contribution in [0.15, 0.2) is 54.6 Å². The van der Waals surface area contributed by atoms with Gasteiger partial charge in [-0.05, 0) is 76.0 Å². The van der Waals surface area contributed by atoms with Crippen molar-refractivity contribution in [1.29, 1.82) is 0 Å². The topological polar surface area (TPSA) is 64.9 Å². The minimum absolute atomic E-state index is 0.00726. The Labute approximate surface area is 243 Å². The van der Waals surface area contributed by atoms with Crippen LogP contribution >= 0.6 is 0 Å². The lowest BCUT2D eigenvalue weighted by molar-refractivity contribution is -0.138. The number of carbonyl (C=O) groups is 2. The molecule has 3 aliphatic heterocycles. The molecule has 3 saturated heterocycles. The third-order valence-corrected chi connectivity index (χ3v) is 9.24. The molecule has 0 unspecified atom stereocenters. The fourth-order valence-electron chi connectivity index (χ4n) is 6.79. The largest absolute Gasteiger partial charge is 0.340 e. The molecule has 3 aliphatic rings. The van der Waals surface area contributed by atoms with Gasteiger partial charge >= 0.3 is 0 Å². The van der Waals surface area contributed by atoms with Crippen molar-refractivity contribution in [1.82, 2.24) is 29.2 Å².